The molecule has 1 amide bonds. The summed E-state index contributed by atoms with van der Waals surface area (Å²) in [7, 11) is 0. The number of rotatable bonds is 1. The number of piperidine rings is 1. The predicted molar refractivity (Wildman–Crippen MR) is 34.3 cm³/mol. The van der Waals surface area contributed by atoms with Crippen molar-refractivity contribution in [2.45, 2.75) is 18.6 Å². The average molecular weight is 145 g/mol. The van der Waals surface area contributed by atoms with E-state index in [0.29, 0.717) is 19.4 Å². The maximum Gasteiger partial charge on any atom is 0.209 e. The lowest BCUT2D eigenvalue weighted by Gasteiger charge is -2.30. The van der Waals surface area contributed by atoms with Crippen LogP contribution in [-0.4, -0.2) is 46.8 Å². The Balaban J connectivity index is 2.40. The number of amides is 1. The van der Waals surface area contributed by atoms with Crippen LogP contribution < -0.4 is 0 Å². The zero-order valence-electron chi connectivity index (χ0n) is 5.60. The zero-order chi connectivity index (χ0) is 7.56. The second-order valence-corrected chi connectivity index (χ2v) is 2.52. The van der Waals surface area contributed by atoms with E-state index in [1.165, 1.54) is 4.90 Å². The summed E-state index contributed by atoms with van der Waals surface area (Å²) < 4.78 is 0. The molecule has 0 aliphatic carbocycles. The van der Waals surface area contributed by atoms with E-state index in [1.54, 1.807) is 0 Å². The first kappa shape index (κ1) is 7.50. The van der Waals surface area contributed by atoms with E-state index in [0.717, 1.165) is 0 Å². The van der Waals surface area contributed by atoms with Crippen LogP contribution in [0.25, 0.3) is 0 Å². The fourth-order valence-electron chi connectivity index (χ4n) is 1.04. The van der Waals surface area contributed by atoms with E-state index >= 15 is 0 Å². The van der Waals surface area contributed by atoms with Crippen molar-refractivity contribution in [3.05, 3.63) is 0 Å². The zero-order valence-corrected chi connectivity index (χ0v) is 5.60. The third-order valence-electron chi connectivity index (χ3n) is 1.73. The minimum atomic E-state index is -0.765. The third-order valence-corrected chi connectivity index (χ3v) is 1.73. The van der Waals surface area contributed by atoms with Crippen molar-refractivity contribution in [3.63, 3.8) is 0 Å². The van der Waals surface area contributed by atoms with Gasteiger partial charge in [-0.25, -0.2) is 0 Å². The van der Waals surface area contributed by atoms with Crippen LogP contribution >= 0.6 is 0 Å². The molecule has 4 nitrogen and oxygen atoms in total. The topological polar surface area (TPSA) is 60.8 Å². The van der Waals surface area contributed by atoms with Crippen LogP contribution in [0.4, 0.5) is 0 Å². The molecule has 1 aliphatic rings. The van der Waals surface area contributed by atoms with E-state index < -0.39 is 12.2 Å². The highest BCUT2D eigenvalue weighted by Crippen LogP contribution is 2.08. The Kier molecular flexibility index (Phi) is 2.24. The molecule has 4 heteroatoms. The number of carbonyl (C=O) groups is 1. The van der Waals surface area contributed by atoms with Gasteiger partial charge in [0.15, 0.2) is 0 Å². The van der Waals surface area contributed by atoms with Crippen molar-refractivity contribution in [1.29, 1.82) is 0 Å². The molecule has 1 aliphatic heterocycles. The van der Waals surface area contributed by atoms with Gasteiger partial charge in [-0.05, 0) is 6.42 Å². The summed E-state index contributed by atoms with van der Waals surface area (Å²) >= 11 is 0. The number of hydrogen-bond donors (Lipinski definition) is 2. The lowest BCUT2D eigenvalue weighted by atomic mass is 10.1. The summed E-state index contributed by atoms with van der Waals surface area (Å²) in [6, 6.07) is 0. The number of likely N-dealkylation sites (tertiary alicyclic amines) is 1. The molecule has 2 N–H and O–H groups in total. The molecule has 0 spiro atoms. The second kappa shape index (κ2) is 2.98. The number of nitrogens with zero attached hydrogens (tertiary/aromatic N) is 1. The van der Waals surface area contributed by atoms with E-state index in [4.69, 9.17) is 10.2 Å². The molecule has 0 aromatic carbocycles. The van der Waals surface area contributed by atoms with E-state index in [1.807, 2.05) is 0 Å². The minimum absolute atomic E-state index is 0.255. The molecule has 58 valence electrons. The largest absolute Gasteiger partial charge is 0.390 e. The van der Waals surface area contributed by atoms with Gasteiger partial charge in [0, 0.05) is 13.1 Å². The molecule has 1 rings (SSSR count). The van der Waals surface area contributed by atoms with E-state index in [9.17, 15) is 4.79 Å². The third kappa shape index (κ3) is 1.46. The Morgan fingerprint density at radius 3 is 2.60 bits per heavy atom. The molecule has 0 bridgehead atoms. The first-order valence-electron chi connectivity index (χ1n) is 3.29. The first-order valence-corrected chi connectivity index (χ1v) is 3.29. The predicted octanol–water partition coefficient (Wildman–Crippen LogP) is -1.43. The Morgan fingerprint density at radius 2 is 2.10 bits per heavy atom. The summed E-state index contributed by atoms with van der Waals surface area (Å²) in [5.74, 6) is 0. The van der Waals surface area contributed by atoms with Crippen LogP contribution in [0, 0.1) is 0 Å². The van der Waals surface area contributed by atoms with Crippen LogP contribution in [0.3, 0.4) is 0 Å². The van der Waals surface area contributed by atoms with Gasteiger partial charge >= 0.3 is 0 Å². The minimum Gasteiger partial charge on any atom is -0.390 e. The molecule has 0 saturated carbocycles. The van der Waals surface area contributed by atoms with Crippen molar-refractivity contribution in [1.82, 2.24) is 4.90 Å². The molecule has 1 saturated heterocycles. The highest BCUT2D eigenvalue weighted by Gasteiger charge is 2.24. The number of β-amino-alcohol motifs (C(OH)–C–C–N with tert-alkyl or cyclic N) is 1. The lowest BCUT2D eigenvalue weighted by Crippen LogP contribution is -2.45. The number of aliphatic hydroxyl groups is 2. The summed E-state index contributed by atoms with van der Waals surface area (Å²) in [5.41, 5.74) is 0. The molecular formula is C6H11NO3. The molecule has 10 heavy (non-hydrogen) atoms. The fourth-order valence-corrected chi connectivity index (χ4v) is 1.04. The second-order valence-electron chi connectivity index (χ2n) is 2.52. The smallest absolute Gasteiger partial charge is 0.209 e. The van der Waals surface area contributed by atoms with Crippen molar-refractivity contribution in [2.24, 2.45) is 0 Å². The van der Waals surface area contributed by atoms with Gasteiger partial charge in [-0.15, -0.1) is 0 Å². The van der Waals surface area contributed by atoms with Gasteiger partial charge in [-0.1, -0.05) is 0 Å². The van der Waals surface area contributed by atoms with Crippen molar-refractivity contribution in [2.75, 3.05) is 13.1 Å². The number of aliphatic hydroxyl groups excluding tert-OH is 2. The Bertz CT molecular complexity index is 128. The van der Waals surface area contributed by atoms with E-state index in [2.05, 4.69) is 0 Å². The maximum absolute atomic E-state index is 10.1. The maximum atomic E-state index is 10.1. The molecule has 1 fully saturated rings. The Morgan fingerprint density at radius 1 is 1.40 bits per heavy atom. The molecule has 0 aromatic rings. The van der Waals surface area contributed by atoms with Crippen LogP contribution in [0.15, 0.2) is 0 Å². The van der Waals surface area contributed by atoms with Gasteiger partial charge in [0.25, 0.3) is 0 Å². The van der Waals surface area contributed by atoms with Crippen molar-refractivity contribution >= 4 is 6.41 Å². The fraction of sp³-hybridized carbons (Fsp3) is 0.833. The van der Waals surface area contributed by atoms with Crippen LogP contribution in [0.1, 0.15) is 6.42 Å². The van der Waals surface area contributed by atoms with Crippen molar-refractivity contribution in [3.8, 4) is 0 Å². The summed E-state index contributed by atoms with van der Waals surface area (Å²) in [6.45, 7) is 0.798. The van der Waals surface area contributed by atoms with Gasteiger partial charge in [0.05, 0.1) is 12.2 Å². The highest BCUT2D eigenvalue weighted by atomic mass is 16.3. The standard InChI is InChI=1S/C6H11NO3/c8-4-7-2-1-5(9)6(10)3-7/h4-6,9-10H,1-3H2. The van der Waals surface area contributed by atoms with Gasteiger partial charge in [-0.2, -0.15) is 0 Å². The van der Waals surface area contributed by atoms with Gasteiger partial charge < -0.3 is 15.1 Å². The summed E-state index contributed by atoms with van der Waals surface area (Å²) in [6.07, 6.45) is -0.259. The quantitative estimate of drug-likeness (QED) is 0.445. The monoisotopic (exact) mass is 145 g/mol. The number of carbonyl (C=O) groups excluding carboxylic acids is 1. The molecule has 0 radical (unpaired) electrons. The van der Waals surface area contributed by atoms with Crippen molar-refractivity contribution < 1.29 is 15.0 Å². The summed E-state index contributed by atoms with van der Waals surface area (Å²) in [4.78, 5) is 11.6. The van der Waals surface area contributed by atoms with Crippen LogP contribution in [0.5, 0.6) is 0 Å². The number of hydrogen-bond acceptors (Lipinski definition) is 3. The summed E-state index contributed by atoms with van der Waals surface area (Å²) in [5, 5.41) is 18.0. The molecular weight excluding hydrogens is 134 g/mol. The Hall–Kier alpha value is -0.610. The molecule has 0 aromatic heterocycles. The lowest BCUT2D eigenvalue weighted by molar-refractivity contribution is -0.124. The SMILES string of the molecule is O=CN1CCC(O)C(O)C1. The van der Waals surface area contributed by atoms with E-state index in [-0.39, 0.29) is 6.54 Å². The highest BCUT2D eigenvalue weighted by molar-refractivity contribution is 5.47. The molecule has 2 unspecified atom stereocenters. The van der Waals surface area contributed by atoms with Gasteiger partial charge in [0.2, 0.25) is 6.41 Å². The molecule has 1 heterocycles. The van der Waals surface area contributed by atoms with Crippen LogP contribution in [0.2, 0.25) is 0 Å². The average Bonchev–Trinajstić information content (AvgIpc) is 1.95. The molecule has 2 atom stereocenters. The van der Waals surface area contributed by atoms with Gasteiger partial charge in [0.1, 0.15) is 0 Å². The van der Waals surface area contributed by atoms with Gasteiger partial charge in [-0.3, -0.25) is 4.79 Å². The first-order chi connectivity index (χ1) is 4.74. The normalized spacial score (nSPS) is 34.0. The Labute approximate surface area is 59.1 Å². The van der Waals surface area contributed by atoms with Crippen LogP contribution in [-0.2, 0) is 4.79 Å².